The van der Waals surface area contributed by atoms with Crippen molar-refractivity contribution in [1.29, 1.82) is 0 Å². The van der Waals surface area contributed by atoms with Crippen LogP contribution in [0.2, 0.25) is 0 Å². The monoisotopic (exact) mass is 346 g/mol. The number of hydrazone groups is 1. The van der Waals surface area contributed by atoms with Gasteiger partial charge in [0.15, 0.2) is 11.5 Å². The molecular formula is C22H22N2O2. The van der Waals surface area contributed by atoms with E-state index in [1.807, 2.05) is 54.6 Å². The Bertz CT molecular complexity index is 876. The van der Waals surface area contributed by atoms with Crippen molar-refractivity contribution in [3.8, 4) is 11.5 Å². The summed E-state index contributed by atoms with van der Waals surface area (Å²) in [6.07, 6.45) is 1.76. The molecule has 0 radical (unpaired) electrons. The van der Waals surface area contributed by atoms with Crippen molar-refractivity contribution in [3.63, 3.8) is 0 Å². The van der Waals surface area contributed by atoms with Crippen LogP contribution in [0.4, 0.5) is 5.69 Å². The van der Waals surface area contributed by atoms with Gasteiger partial charge >= 0.3 is 0 Å². The van der Waals surface area contributed by atoms with Gasteiger partial charge < -0.3 is 9.47 Å². The van der Waals surface area contributed by atoms with Gasteiger partial charge in [0, 0.05) is 0 Å². The number of methoxy groups -OCH3 is 1. The van der Waals surface area contributed by atoms with Gasteiger partial charge in [0.1, 0.15) is 6.61 Å². The molecule has 3 aromatic carbocycles. The summed E-state index contributed by atoms with van der Waals surface area (Å²) in [7, 11) is 1.64. The number of hydrogen-bond acceptors (Lipinski definition) is 4. The minimum absolute atomic E-state index is 0.487. The van der Waals surface area contributed by atoms with E-state index in [4.69, 9.17) is 9.47 Å². The van der Waals surface area contributed by atoms with E-state index in [9.17, 15) is 0 Å². The third-order valence-corrected chi connectivity index (χ3v) is 3.85. The molecule has 0 aliphatic heterocycles. The molecule has 0 aliphatic carbocycles. The van der Waals surface area contributed by atoms with Gasteiger partial charge in [0.05, 0.1) is 19.0 Å². The van der Waals surface area contributed by atoms with E-state index < -0.39 is 0 Å². The number of aryl methyl sites for hydroxylation is 1. The Morgan fingerprint density at radius 3 is 2.54 bits per heavy atom. The van der Waals surface area contributed by atoms with Crippen LogP contribution >= 0.6 is 0 Å². The van der Waals surface area contributed by atoms with Crippen LogP contribution in [0.15, 0.2) is 77.9 Å². The van der Waals surface area contributed by atoms with Gasteiger partial charge in [0.2, 0.25) is 0 Å². The quantitative estimate of drug-likeness (QED) is 0.482. The van der Waals surface area contributed by atoms with Gasteiger partial charge in [-0.25, -0.2) is 0 Å². The highest BCUT2D eigenvalue weighted by Gasteiger charge is 2.06. The highest BCUT2D eigenvalue weighted by atomic mass is 16.5. The summed E-state index contributed by atoms with van der Waals surface area (Å²) >= 11 is 0. The predicted molar refractivity (Wildman–Crippen MR) is 106 cm³/mol. The van der Waals surface area contributed by atoms with Crippen LogP contribution in [0.1, 0.15) is 16.7 Å². The molecule has 4 heteroatoms. The van der Waals surface area contributed by atoms with Crippen LogP contribution in [-0.2, 0) is 6.61 Å². The van der Waals surface area contributed by atoms with Crippen LogP contribution in [-0.4, -0.2) is 13.3 Å². The summed E-state index contributed by atoms with van der Waals surface area (Å²) < 4.78 is 11.4. The second kappa shape index (κ2) is 8.72. The molecule has 3 rings (SSSR count). The summed E-state index contributed by atoms with van der Waals surface area (Å²) in [5.41, 5.74) is 7.20. The van der Waals surface area contributed by atoms with Gasteiger partial charge in [-0.15, -0.1) is 0 Å². The molecule has 3 aromatic rings. The molecule has 0 saturated heterocycles. The average molecular weight is 346 g/mol. The van der Waals surface area contributed by atoms with Gasteiger partial charge in [-0.1, -0.05) is 48.0 Å². The van der Waals surface area contributed by atoms with Crippen LogP contribution < -0.4 is 14.9 Å². The molecule has 0 fully saturated rings. The summed E-state index contributed by atoms with van der Waals surface area (Å²) in [6.45, 7) is 2.56. The molecule has 26 heavy (non-hydrogen) atoms. The molecule has 0 spiro atoms. The smallest absolute Gasteiger partial charge is 0.162 e. The number of ether oxygens (including phenoxy) is 2. The van der Waals surface area contributed by atoms with Crippen molar-refractivity contribution in [1.82, 2.24) is 0 Å². The Hall–Kier alpha value is -3.27. The highest BCUT2D eigenvalue weighted by Crippen LogP contribution is 2.28. The number of rotatable bonds is 7. The maximum Gasteiger partial charge on any atom is 0.162 e. The van der Waals surface area contributed by atoms with E-state index in [1.165, 1.54) is 5.56 Å². The fourth-order valence-electron chi connectivity index (χ4n) is 2.54. The molecule has 0 bridgehead atoms. The maximum atomic E-state index is 5.97. The number of nitrogens with one attached hydrogen (secondary N) is 1. The first-order valence-electron chi connectivity index (χ1n) is 8.45. The molecular weight excluding hydrogens is 324 g/mol. The molecule has 0 aromatic heterocycles. The molecule has 0 atom stereocenters. The van der Waals surface area contributed by atoms with Gasteiger partial charge in [0.25, 0.3) is 0 Å². The summed E-state index contributed by atoms with van der Waals surface area (Å²) in [4.78, 5) is 0. The number of benzene rings is 3. The van der Waals surface area contributed by atoms with E-state index >= 15 is 0 Å². The van der Waals surface area contributed by atoms with Gasteiger partial charge in [-0.05, 0) is 48.4 Å². The molecule has 0 heterocycles. The lowest BCUT2D eigenvalue weighted by Gasteiger charge is -2.12. The standard InChI is InChI=1S/C22H22N2O2/c1-17-7-6-8-19(13-17)16-26-22-14-18(11-12-21(22)25-2)15-23-24-20-9-4-3-5-10-20/h3-15,24H,16H2,1-2H3. The Labute approximate surface area is 154 Å². The number of nitrogens with zero attached hydrogens (tertiary/aromatic N) is 1. The largest absolute Gasteiger partial charge is 0.493 e. The molecule has 0 saturated carbocycles. The van der Waals surface area contributed by atoms with E-state index in [2.05, 4.69) is 35.7 Å². The normalized spacial score (nSPS) is 10.7. The number of para-hydroxylation sites is 1. The van der Waals surface area contributed by atoms with Crippen LogP contribution in [0, 0.1) is 6.92 Å². The van der Waals surface area contributed by atoms with Crippen LogP contribution in [0.25, 0.3) is 0 Å². The van der Waals surface area contributed by atoms with E-state index in [-0.39, 0.29) is 0 Å². The maximum absolute atomic E-state index is 5.97. The third kappa shape index (κ3) is 4.86. The van der Waals surface area contributed by atoms with Crippen LogP contribution in [0.5, 0.6) is 11.5 Å². The van der Waals surface area contributed by atoms with E-state index in [1.54, 1.807) is 13.3 Å². The fraction of sp³-hybridized carbons (Fsp3) is 0.136. The lowest BCUT2D eigenvalue weighted by atomic mass is 10.1. The van der Waals surface area contributed by atoms with E-state index in [0.29, 0.717) is 18.1 Å². The zero-order chi connectivity index (χ0) is 18.2. The first-order valence-corrected chi connectivity index (χ1v) is 8.45. The van der Waals surface area contributed by atoms with Gasteiger partial charge in [-0.2, -0.15) is 5.10 Å². The zero-order valence-electron chi connectivity index (χ0n) is 15.0. The Morgan fingerprint density at radius 1 is 0.923 bits per heavy atom. The lowest BCUT2D eigenvalue weighted by Crippen LogP contribution is -1.99. The van der Waals surface area contributed by atoms with Crippen molar-refractivity contribution in [2.45, 2.75) is 13.5 Å². The van der Waals surface area contributed by atoms with Crippen molar-refractivity contribution < 1.29 is 9.47 Å². The zero-order valence-corrected chi connectivity index (χ0v) is 15.0. The topological polar surface area (TPSA) is 42.8 Å². The predicted octanol–water partition coefficient (Wildman–Crippen LogP) is 5.03. The first-order chi connectivity index (χ1) is 12.7. The molecule has 132 valence electrons. The van der Waals surface area contributed by atoms with Crippen LogP contribution in [0.3, 0.4) is 0 Å². The second-order valence-corrected chi connectivity index (χ2v) is 5.92. The second-order valence-electron chi connectivity index (χ2n) is 5.92. The minimum atomic E-state index is 0.487. The average Bonchev–Trinajstić information content (AvgIpc) is 2.67. The van der Waals surface area contributed by atoms with E-state index in [0.717, 1.165) is 16.8 Å². The minimum Gasteiger partial charge on any atom is -0.493 e. The molecule has 0 amide bonds. The Kier molecular flexibility index (Phi) is 5.88. The number of anilines is 1. The third-order valence-electron chi connectivity index (χ3n) is 3.85. The van der Waals surface area contributed by atoms with Crippen molar-refractivity contribution in [3.05, 3.63) is 89.5 Å². The fourth-order valence-corrected chi connectivity index (χ4v) is 2.54. The summed E-state index contributed by atoms with van der Waals surface area (Å²) in [5, 5.41) is 4.27. The summed E-state index contributed by atoms with van der Waals surface area (Å²) in [5.74, 6) is 1.39. The molecule has 1 N–H and O–H groups in total. The Morgan fingerprint density at radius 2 is 1.77 bits per heavy atom. The molecule has 4 nitrogen and oxygen atoms in total. The SMILES string of the molecule is COc1ccc(C=NNc2ccccc2)cc1OCc1cccc(C)c1. The molecule has 0 unspecified atom stereocenters. The summed E-state index contributed by atoms with van der Waals surface area (Å²) in [6, 6.07) is 23.8. The van der Waals surface area contributed by atoms with Crippen molar-refractivity contribution >= 4 is 11.9 Å². The highest BCUT2D eigenvalue weighted by molar-refractivity contribution is 5.81. The van der Waals surface area contributed by atoms with Gasteiger partial charge in [-0.3, -0.25) is 5.43 Å². The first kappa shape index (κ1) is 17.5. The van der Waals surface area contributed by atoms with Crippen molar-refractivity contribution in [2.75, 3.05) is 12.5 Å². The molecule has 0 aliphatic rings. The number of hydrogen-bond donors (Lipinski definition) is 1. The lowest BCUT2D eigenvalue weighted by molar-refractivity contribution is 0.284. The Balaban J connectivity index is 1.69. The van der Waals surface area contributed by atoms with Crippen molar-refractivity contribution in [2.24, 2.45) is 5.10 Å².